The van der Waals surface area contributed by atoms with E-state index in [0.717, 1.165) is 22.3 Å². The molecule has 5 heteroatoms. The third-order valence-electron chi connectivity index (χ3n) is 2.15. The lowest BCUT2D eigenvalue weighted by Gasteiger charge is -2.27. The largest absolute Gasteiger partial charge is 0.306 e. The van der Waals surface area contributed by atoms with Crippen molar-refractivity contribution in [1.29, 1.82) is 0 Å². The van der Waals surface area contributed by atoms with Gasteiger partial charge in [-0.3, -0.25) is 4.79 Å². The summed E-state index contributed by atoms with van der Waals surface area (Å²) in [7, 11) is 1.63. The fourth-order valence-electron chi connectivity index (χ4n) is 1.48. The normalized spacial score (nSPS) is 15.6. The number of carbonyl (C=O) groups is 1. The second-order valence-corrected chi connectivity index (χ2v) is 5.68. The number of carbonyl (C=O) groups excluding carboxylic acids is 1. The molecule has 1 aromatic carbocycles. The van der Waals surface area contributed by atoms with E-state index >= 15 is 0 Å². The molecule has 0 bridgehead atoms. The lowest BCUT2D eigenvalue weighted by atomic mass is 10.0. The first-order chi connectivity index (χ1) is 6.72. The van der Waals surface area contributed by atoms with Crippen molar-refractivity contribution in [1.82, 2.24) is 0 Å². The topological polar surface area (TPSA) is 20.3 Å². The lowest BCUT2D eigenvalue weighted by Crippen LogP contribution is -2.25. The molecular formula is C9H7BrINOS. The van der Waals surface area contributed by atoms with Crippen molar-refractivity contribution in [3.8, 4) is 0 Å². The van der Waals surface area contributed by atoms with E-state index in [1.807, 2.05) is 18.2 Å². The zero-order chi connectivity index (χ0) is 10.1. The molecule has 0 unspecified atom stereocenters. The van der Waals surface area contributed by atoms with Gasteiger partial charge in [-0.15, -0.1) is 0 Å². The monoisotopic (exact) mass is 383 g/mol. The van der Waals surface area contributed by atoms with Crippen molar-refractivity contribution in [2.75, 3.05) is 10.8 Å². The Morgan fingerprint density at radius 3 is 3.00 bits per heavy atom. The quantitative estimate of drug-likeness (QED) is 0.542. The van der Waals surface area contributed by atoms with Crippen LogP contribution in [0.15, 0.2) is 22.7 Å². The summed E-state index contributed by atoms with van der Waals surface area (Å²) in [6.45, 7) is 0.801. The van der Waals surface area contributed by atoms with Gasteiger partial charge < -0.3 is 4.31 Å². The van der Waals surface area contributed by atoms with Crippen molar-refractivity contribution >= 4 is 57.7 Å². The molecule has 2 rings (SSSR count). The highest BCUT2D eigenvalue weighted by molar-refractivity contribution is 14.2. The van der Waals surface area contributed by atoms with Crippen LogP contribution in [0.3, 0.4) is 0 Å². The molecular weight excluding hydrogens is 377 g/mol. The Labute approximate surface area is 107 Å². The van der Waals surface area contributed by atoms with Crippen LogP contribution in [0.1, 0.15) is 16.8 Å². The average Bonchev–Trinajstić information content (AvgIpc) is 2.18. The van der Waals surface area contributed by atoms with Gasteiger partial charge in [0.15, 0.2) is 5.78 Å². The summed E-state index contributed by atoms with van der Waals surface area (Å²) in [6.07, 6.45) is 0.616. The van der Waals surface area contributed by atoms with Gasteiger partial charge >= 0.3 is 0 Å². The van der Waals surface area contributed by atoms with E-state index < -0.39 is 0 Å². The van der Waals surface area contributed by atoms with Gasteiger partial charge in [0.05, 0.1) is 5.69 Å². The fraction of sp³-hybridized carbons (Fsp3) is 0.222. The molecule has 0 aromatic heterocycles. The van der Waals surface area contributed by atoms with Crippen molar-refractivity contribution in [2.24, 2.45) is 0 Å². The smallest absolute Gasteiger partial charge is 0.166 e. The van der Waals surface area contributed by atoms with Crippen LogP contribution in [0.2, 0.25) is 0 Å². The van der Waals surface area contributed by atoms with Gasteiger partial charge in [-0.2, -0.15) is 0 Å². The minimum atomic E-state index is 0.245. The number of rotatable bonds is 1. The Balaban J connectivity index is 2.51. The highest BCUT2D eigenvalue weighted by Gasteiger charge is 2.22. The van der Waals surface area contributed by atoms with Crippen molar-refractivity contribution in [3.63, 3.8) is 0 Å². The van der Waals surface area contributed by atoms with Crippen molar-refractivity contribution in [3.05, 3.63) is 28.2 Å². The van der Waals surface area contributed by atoms with Crippen LogP contribution in [0.5, 0.6) is 0 Å². The molecule has 1 aromatic rings. The maximum Gasteiger partial charge on any atom is 0.166 e. The van der Waals surface area contributed by atoms with Gasteiger partial charge in [0, 0.05) is 53.3 Å². The van der Waals surface area contributed by atoms with Crippen LogP contribution in [-0.2, 0) is 0 Å². The maximum atomic E-state index is 11.6. The summed E-state index contributed by atoms with van der Waals surface area (Å²) in [6, 6.07) is 5.80. The van der Waals surface area contributed by atoms with Crippen LogP contribution >= 0.6 is 46.3 Å². The highest BCUT2D eigenvalue weighted by atomic mass is 127. The maximum absolute atomic E-state index is 11.6. The Morgan fingerprint density at radius 1 is 1.50 bits per heavy atom. The molecule has 0 saturated heterocycles. The van der Waals surface area contributed by atoms with Crippen LogP contribution in [0.4, 0.5) is 5.69 Å². The molecule has 0 atom stereocenters. The molecule has 0 spiro atoms. The third-order valence-corrected chi connectivity index (χ3v) is 4.62. The second kappa shape index (κ2) is 4.40. The first-order valence-corrected chi connectivity index (χ1v) is 8.22. The second-order valence-electron chi connectivity index (χ2n) is 3.01. The van der Waals surface area contributed by atoms with Gasteiger partial charge in [-0.05, 0) is 18.2 Å². The number of Topliss-reactive ketones (excluding diaryl/α,β-unsaturated/α-hetero) is 1. The number of benzene rings is 1. The SMILES string of the molecule is O=C1CCN(SI)c2cc(Br)ccc21. The Morgan fingerprint density at radius 2 is 2.29 bits per heavy atom. The van der Waals surface area contributed by atoms with Gasteiger partial charge in [-0.25, -0.2) is 0 Å². The molecule has 1 heterocycles. The molecule has 1 aliphatic rings. The Kier molecular flexibility index (Phi) is 3.38. The molecule has 0 amide bonds. The molecule has 1 aliphatic heterocycles. The van der Waals surface area contributed by atoms with E-state index in [0.29, 0.717) is 6.42 Å². The molecule has 0 saturated carbocycles. The van der Waals surface area contributed by atoms with Gasteiger partial charge in [0.2, 0.25) is 0 Å². The summed E-state index contributed by atoms with van der Waals surface area (Å²) in [5, 5.41) is 0. The number of anilines is 1. The summed E-state index contributed by atoms with van der Waals surface area (Å²) in [4.78, 5) is 11.6. The number of halogens is 2. The molecule has 14 heavy (non-hydrogen) atoms. The molecule has 0 N–H and O–H groups in total. The summed E-state index contributed by atoms with van der Waals surface area (Å²) < 4.78 is 3.16. The summed E-state index contributed by atoms with van der Waals surface area (Å²) in [5.74, 6) is 0.245. The third kappa shape index (κ3) is 1.94. The number of hydrogen-bond acceptors (Lipinski definition) is 3. The number of ketones is 1. The molecule has 74 valence electrons. The van der Waals surface area contributed by atoms with Gasteiger partial charge in [0.1, 0.15) is 0 Å². The lowest BCUT2D eigenvalue weighted by molar-refractivity contribution is 0.0982. The van der Waals surface area contributed by atoms with Crippen molar-refractivity contribution in [2.45, 2.75) is 6.42 Å². The van der Waals surface area contributed by atoms with Crippen LogP contribution in [-0.4, -0.2) is 12.3 Å². The predicted molar refractivity (Wildman–Crippen MR) is 72.0 cm³/mol. The van der Waals surface area contributed by atoms with E-state index in [9.17, 15) is 4.79 Å². The van der Waals surface area contributed by atoms with Crippen molar-refractivity contribution < 1.29 is 4.79 Å². The van der Waals surface area contributed by atoms with E-state index in [2.05, 4.69) is 41.4 Å². The Hall–Kier alpha value is 0.250. The molecule has 0 fully saturated rings. The minimum Gasteiger partial charge on any atom is -0.306 e. The van der Waals surface area contributed by atoms with Gasteiger partial charge in [0.25, 0.3) is 0 Å². The summed E-state index contributed by atoms with van der Waals surface area (Å²) >= 11 is 5.66. The average molecular weight is 384 g/mol. The van der Waals surface area contributed by atoms with E-state index in [1.165, 1.54) is 0 Å². The molecule has 2 nitrogen and oxygen atoms in total. The zero-order valence-corrected chi connectivity index (χ0v) is 11.7. The first kappa shape index (κ1) is 10.8. The number of fused-ring (bicyclic) bond motifs is 1. The van der Waals surface area contributed by atoms with E-state index in [-0.39, 0.29) is 5.78 Å². The predicted octanol–water partition coefficient (Wildman–Crippen LogP) is 3.84. The van der Waals surface area contributed by atoms with E-state index in [1.54, 1.807) is 9.12 Å². The Bertz CT molecular complexity index is 385. The van der Waals surface area contributed by atoms with Crippen LogP contribution in [0, 0.1) is 0 Å². The minimum absolute atomic E-state index is 0.245. The van der Waals surface area contributed by atoms with Gasteiger partial charge in [-0.1, -0.05) is 15.9 Å². The number of hydrogen-bond donors (Lipinski definition) is 0. The molecule has 0 radical (unpaired) electrons. The van der Waals surface area contributed by atoms with Crippen LogP contribution < -0.4 is 4.31 Å². The highest BCUT2D eigenvalue weighted by Crippen LogP contribution is 2.36. The van der Waals surface area contributed by atoms with Crippen LogP contribution in [0.25, 0.3) is 0 Å². The standard InChI is InChI=1S/C9H7BrINOS/c10-6-1-2-7-8(5-6)12(14-11)4-3-9(7)13/h1-2,5H,3-4H2. The van der Waals surface area contributed by atoms with E-state index in [4.69, 9.17) is 0 Å². The molecule has 0 aliphatic carbocycles. The summed E-state index contributed by atoms with van der Waals surface area (Å²) in [5.41, 5.74) is 1.86. The zero-order valence-electron chi connectivity index (χ0n) is 7.17. The number of nitrogens with zero attached hydrogens (tertiary/aromatic N) is 1. The fourth-order valence-corrected chi connectivity index (χ4v) is 3.44. The first-order valence-electron chi connectivity index (χ1n) is 4.11.